The number of benzene rings is 2. The molecule has 5 rings (SSSR count). The molecule has 4 aromatic rings. The maximum absolute atomic E-state index is 12.8. The largest absolute Gasteiger partial charge is 0.493 e. The van der Waals surface area contributed by atoms with Crippen LogP contribution in [0.1, 0.15) is 40.5 Å². The maximum atomic E-state index is 12.8. The van der Waals surface area contributed by atoms with Gasteiger partial charge in [0, 0.05) is 43.9 Å². The van der Waals surface area contributed by atoms with Crippen molar-refractivity contribution in [1.29, 1.82) is 0 Å². The van der Waals surface area contributed by atoms with Crippen molar-refractivity contribution in [2.75, 3.05) is 6.61 Å². The van der Waals surface area contributed by atoms with Gasteiger partial charge in [0.2, 0.25) is 10.0 Å². The van der Waals surface area contributed by atoms with Gasteiger partial charge in [0.05, 0.1) is 28.9 Å². The van der Waals surface area contributed by atoms with Gasteiger partial charge in [-0.05, 0) is 42.8 Å². The average molecular weight is 563 g/mol. The van der Waals surface area contributed by atoms with Crippen molar-refractivity contribution in [2.24, 2.45) is 0 Å². The number of nitrogens with zero attached hydrogens (tertiary/aromatic N) is 4. The van der Waals surface area contributed by atoms with Crippen molar-refractivity contribution in [3.05, 3.63) is 101 Å². The molecule has 0 radical (unpaired) electrons. The highest BCUT2D eigenvalue weighted by Gasteiger charge is 2.28. The topological polar surface area (TPSA) is 148 Å². The lowest BCUT2D eigenvalue weighted by Crippen LogP contribution is -2.42. The Kier molecular flexibility index (Phi) is 8.19. The van der Waals surface area contributed by atoms with Gasteiger partial charge in [-0.25, -0.2) is 13.1 Å². The summed E-state index contributed by atoms with van der Waals surface area (Å²) in [6, 6.07) is 16.5. The van der Waals surface area contributed by atoms with Crippen LogP contribution in [0.4, 0.5) is 0 Å². The smallest absolute Gasteiger partial charge is 0.322 e. The second-order valence-corrected chi connectivity index (χ2v) is 11.4. The highest BCUT2D eigenvalue weighted by atomic mass is 32.2. The number of hydrogen-bond donors (Lipinski definition) is 3. The molecule has 3 N–H and O–H groups in total. The molecule has 1 aliphatic rings. The van der Waals surface area contributed by atoms with Gasteiger partial charge in [-0.2, -0.15) is 4.72 Å². The number of fused-ring (bicyclic) bond motifs is 1. The standard InChI is InChI=1S/C28H30N6O5S/c1-19-5-8-23(9-6-19)40(37,38)32-25(28(35)36)15-22-18-34(33-31-22)26-11-13-39-27-14-20(7-10-24(26)27)16-29-17-21-4-2-3-12-30-21/h2-10,12,14,18,25-26,29,32H,11,13,15-17H2,1H3,(H,35,36). The third-order valence-corrected chi connectivity index (χ3v) is 8.15. The summed E-state index contributed by atoms with van der Waals surface area (Å²) in [5.74, 6) is -0.537. The van der Waals surface area contributed by atoms with Gasteiger partial charge in [0.1, 0.15) is 11.8 Å². The van der Waals surface area contributed by atoms with E-state index in [1.54, 1.807) is 29.2 Å². The second-order valence-electron chi connectivity index (χ2n) is 9.67. The average Bonchev–Trinajstić information content (AvgIpc) is 3.41. The Labute approximate surface area is 232 Å². The molecule has 11 nitrogen and oxygen atoms in total. The van der Waals surface area contributed by atoms with E-state index in [1.807, 2.05) is 43.3 Å². The minimum Gasteiger partial charge on any atom is -0.493 e. The zero-order chi connectivity index (χ0) is 28.1. The highest BCUT2D eigenvalue weighted by Crippen LogP contribution is 2.35. The third kappa shape index (κ3) is 6.53. The van der Waals surface area contributed by atoms with Gasteiger partial charge in [-0.3, -0.25) is 9.78 Å². The molecular weight excluding hydrogens is 532 g/mol. The van der Waals surface area contributed by atoms with E-state index in [0.717, 1.165) is 28.1 Å². The quantitative estimate of drug-likeness (QED) is 0.251. The van der Waals surface area contributed by atoms with E-state index in [1.165, 1.54) is 12.1 Å². The summed E-state index contributed by atoms with van der Waals surface area (Å²) in [6.07, 6.45) is 3.94. The third-order valence-electron chi connectivity index (χ3n) is 6.66. The van der Waals surface area contributed by atoms with E-state index in [2.05, 4.69) is 25.3 Å². The first kappa shape index (κ1) is 27.4. The molecule has 208 valence electrons. The molecule has 0 spiro atoms. The van der Waals surface area contributed by atoms with Crippen LogP contribution in [0.5, 0.6) is 5.75 Å². The highest BCUT2D eigenvalue weighted by molar-refractivity contribution is 7.89. The molecule has 40 heavy (non-hydrogen) atoms. The first-order valence-electron chi connectivity index (χ1n) is 12.9. The Morgan fingerprint density at radius 3 is 2.70 bits per heavy atom. The Bertz CT molecular complexity index is 1570. The Balaban J connectivity index is 1.25. The summed E-state index contributed by atoms with van der Waals surface area (Å²) in [5.41, 5.74) is 4.24. The van der Waals surface area contributed by atoms with E-state index < -0.39 is 22.0 Å². The fourth-order valence-electron chi connectivity index (χ4n) is 4.56. The Hall–Kier alpha value is -4.13. The molecular formula is C28H30N6O5S. The van der Waals surface area contributed by atoms with E-state index in [-0.39, 0.29) is 17.4 Å². The number of carbonyl (C=O) groups is 1. The molecule has 0 aliphatic carbocycles. The lowest BCUT2D eigenvalue weighted by molar-refractivity contribution is -0.138. The van der Waals surface area contributed by atoms with Crippen molar-refractivity contribution < 1.29 is 23.1 Å². The number of carboxylic acids is 1. The van der Waals surface area contributed by atoms with Gasteiger partial charge in [-0.15, -0.1) is 5.10 Å². The number of ether oxygens (including phenoxy) is 1. The number of nitrogens with one attached hydrogen (secondary N) is 2. The molecule has 2 aromatic carbocycles. The molecule has 12 heteroatoms. The molecule has 3 heterocycles. The van der Waals surface area contributed by atoms with Crippen molar-refractivity contribution in [1.82, 2.24) is 30.0 Å². The number of hydrogen-bond acceptors (Lipinski definition) is 8. The SMILES string of the molecule is Cc1ccc(S(=O)(=O)NC(Cc2cn(C3CCOc4cc(CNCc5ccccn5)ccc43)nn2)C(=O)O)cc1. The van der Waals surface area contributed by atoms with Crippen LogP contribution in [0.15, 0.2) is 78.0 Å². The van der Waals surface area contributed by atoms with Gasteiger partial charge >= 0.3 is 5.97 Å². The van der Waals surface area contributed by atoms with Gasteiger partial charge in [0.15, 0.2) is 0 Å². The number of aryl methyl sites for hydroxylation is 1. The zero-order valence-electron chi connectivity index (χ0n) is 21.9. The van der Waals surface area contributed by atoms with Crippen molar-refractivity contribution in [3.63, 3.8) is 0 Å². The molecule has 0 fully saturated rings. The lowest BCUT2D eigenvalue weighted by Gasteiger charge is -2.26. The van der Waals surface area contributed by atoms with Gasteiger partial charge in [0.25, 0.3) is 0 Å². The molecule has 2 aromatic heterocycles. The fourth-order valence-corrected chi connectivity index (χ4v) is 5.75. The van der Waals surface area contributed by atoms with Gasteiger partial charge in [-0.1, -0.05) is 41.1 Å². The Morgan fingerprint density at radius 2 is 1.95 bits per heavy atom. The van der Waals surface area contributed by atoms with Crippen LogP contribution in [0.3, 0.4) is 0 Å². The molecule has 0 saturated heterocycles. The number of aromatic nitrogens is 4. The predicted octanol–water partition coefficient (Wildman–Crippen LogP) is 2.62. The predicted molar refractivity (Wildman–Crippen MR) is 146 cm³/mol. The van der Waals surface area contributed by atoms with E-state index in [0.29, 0.717) is 31.8 Å². The van der Waals surface area contributed by atoms with Crippen LogP contribution >= 0.6 is 0 Å². The molecule has 1 aliphatic heterocycles. The molecule has 0 bridgehead atoms. The summed E-state index contributed by atoms with van der Waals surface area (Å²) in [6.45, 7) is 3.64. The minimum absolute atomic E-state index is 0.00174. The van der Waals surface area contributed by atoms with Crippen LogP contribution < -0.4 is 14.8 Å². The van der Waals surface area contributed by atoms with E-state index >= 15 is 0 Å². The summed E-state index contributed by atoms with van der Waals surface area (Å²) in [7, 11) is -4.03. The molecule has 2 atom stereocenters. The Morgan fingerprint density at radius 1 is 1.12 bits per heavy atom. The van der Waals surface area contributed by atoms with Crippen LogP contribution in [-0.4, -0.2) is 52.1 Å². The maximum Gasteiger partial charge on any atom is 0.322 e. The summed E-state index contributed by atoms with van der Waals surface area (Å²) in [4.78, 5) is 16.2. The second kappa shape index (κ2) is 11.9. The van der Waals surface area contributed by atoms with Crippen LogP contribution in [0, 0.1) is 6.92 Å². The molecule has 0 amide bonds. The first-order chi connectivity index (χ1) is 19.3. The number of pyridine rings is 1. The normalized spacial score (nSPS) is 15.7. The first-order valence-corrected chi connectivity index (χ1v) is 14.4. The van der Waals surface area contributed by atoms with Crippen molar-refractivity contribution >= 4 is 16.0 Å². The van der Waals surface area contributed by atoms with Crippen LogP contribution in [0.25, 0.3) is 0 Å². The zero-order valence-corrected chi connectivity index (χ0v) is 22.7. The van der Waals surface area contributed by atoms with Crippen LogP contribution in [-0.2, 0) is 34.3 Å². The summed E-state index contributed by atoms with van der Waals surface area (Å²) < 4.78 is 35.4. The summed E-state index contributed by atoms with van der Waals surface area (Å²) in [5, 5.41) is 21.5. The van der Waals surface area contributed by atoms with Crippen LogP contribution in [0.2, 0.25) is 0 Å². The van der Waals surface area contributed by atoms with Crippen molar-refractivity contribution in [2.45, 2.75) is 49.8 Å². The fraction of sp³-hybridized carbons (Fsp3) is 0.286. The minimum atomic E-state index is -4.03. The van der Waals surface area contributed by atoms with Gasteiger partial charge < -0.3 is 15.2 Å². The number of rotatable bonds is 11. The molecule has 2 unspecified atom stereocenters. The lowest BCUT2D eigenvalue weighted by atomic mass is 9.99. The number of sulfonamides is 1. The van der Waals surface area contributed by atoms with E-state index in [4.69, 9.17) is 4.74 Å². The van der Waals surface area contributed by atoms with E-state index in [9.17, 15) is 18.3 Å². The molecule has 0 saturated carbocycles. The summed E-state index contributed by atoms with van der Waals surface area (Å²) >= 11 is 0. The number of aliphatic carboxylic acids is 1. The monoisotopic (exact) mass is 562 g/mol. The van der Waals surface area contributed by atoms with Crippen molar-refractivity contribution in [3.8, 4) is 5.75 Å². The number of carboxylic acid groups (broad SMARTS) is 1.